The van der Waals surface area contributed by atoms with Gasteiger partial charge in [0.15, 0.2) is 0 Å². The van der Waals surface area contributed by atoms with Gasteiger partial charge in [-0.2, -0.15) is 0 Å². The highest BCUT2D eigenvalue weighted by Gasteiger charge is 2.33. The molecule has 2 aliphatic heterocycles. The minimum absolute atomic E-state index is 0.0201. The van der Waals surface area contributed by atoms with E-state index in [0.717, 1.165) is 37.5 Å². The van der Waals surface area contributed by atoms with E-state index < -0.39 is 0 Å². The Bertz CT molecular complexity index is 1030. The molecule has 2 aromatic carbocycles. The zero-order chi connectivity index (χ0) is 22.5. The smallest absolute Gasteiger partial charge is 0.267 e. The van der Waals surface area contributed by atoms with Crippen molar-refractivity contribution in [2.24, 2.45) is 0 Å². The minimum Gasteiger partial charge on any atom is -0.490 e. The molecule has 0 unspecified atom stereocenters. The van der Waals surface area contributed by atoms with Crippen molar-refractivity contribution in [1.29, 1.82) is 0 Å². The van der Waals surface area contributed by atoms with Crippen molar-refractivity contribution in [3.63, 3.8) is 0 Å². The predicted molar refractivity (Wildman–Crippen MR) is 137 cm³/mol. The first-order valence-electron chi connectivity index (χ1n) is 10.7. The second-order valence-electron chi connectivity index (χ2n) is 7.81. The molecule has 0 radical (unpaired) electrons. The van der Waals surface area contributed by atoms with E-state index in [1.807, 2.05) is 30.3 Å². The number of anilines is 1. The van der Waals surface area contributed by atoms with Gasteiger partial charge < -0.3 is 9.64 Å². The zero-order valence-corrected chi connectivity index (χ0v) is 19.8. The molecule has 2 fully saturated rings. The molecule has 0 bridgehead atoms. The number of thioether (sulfide) groups is 1. The molecule has 0 aliphatic carbocycles. The molecule has 0 saturated carbocycles. The molecule has 2 aromatic rings. The summed E-state index contributed by atoms with van der Waals surface area (Å²) in [6.45, 7) is 10.5. The third kappa shape index (κ3) is 5.23. The van der Waals surface area contributed by atoms with Gasteiger partial charge in [0.25, 0.3) is 5.91 Å². The number of aryl methyl sites for hydroxylation is 1. The summed E-state index contributed by atoms with van der Waals surface area (Å²) in [5.41, 5.74) is 3.54. The molecule has 32 heavy (non-hydrogen) atoms. The largest absolute Gasteiger partial charge is 0.490 e. The topological polar surface area (TPSA) is 36.0 Å². The van der Waals surface area contributed by atoms with Crippen molar-refractivity contribution in [1.82, 2.24) is 9.80 Å². The van der Waals surface area contributed by atoms with Crippen LogP contribution in [0.2, 0.25) is 0 Å². The van der Waals surface area contributed by atoms with Crippen LogP contribution in [0.5, 0.6) is 5.75 Å². The fourth-order valence-electron chi connectivity index (χ4n) is 3.84. The predicted octanol–water partition coefficient (Wildman–Crippen LogP) is 4.54. The van der Waals surface area contributed by atoms with Gasteiger partial charge in [-0.05, 0) is 42.3 Å². The van der Waals surface area contributed by atoms with Crippen LogP contribution in [0, 0.1) is 6.92 Å². The number of carbonyl (C=O) groups is 1. The fraction of sp³-hybridized carbons (Fsp3) is 0.280. The Morgan fingerprint density at radius 1 is 1.09 bits per heavy atom. The summed E-state index contributed by atoms with van der Waals surface area (Å²) in [7, 11) is 0. The van der Waals surface area contributed by atoms with E-state index in [0.29, 0.717) is 22.5 Å². The van der Waals surface area contributed by atoms with E-state index in [-0.39, 0.29) is 5.91 Å². The van der Waals surface area contributed by atoms with E-state index in [1.165, 1.54) is 23.0 Å². The lowest BCUT2D eigenvalue weighted by Gasteiger charge is -2.38. The van der Waals surface area contributed by atoms with E-state index in [4.69, 9.17) is 17.0 Å². The minimum atomic E-state index is -0.0201. The number of thiocarbonyl (C=S) groups is 1. The number of piperazine rings is 1. The second-order valence-corrected chi connectivity index (χ2v) is 9.49. The quantitative estimate of drug-likeness (QED) is 0.339. The third-order valence-electron chi connectivity index (χ3n) is 5.59. The summed E-state index contributed by atoms with van der Waals surface area (Å²) in [6, 6.07) is 16.2. The Kier molecular flexibility index (Phi) is 7.29. The third-order valence-corrected chi connectivity index (χ3v) is 6.97. The van der Waals surface area contributed by atoms with Crippen LogP contribution in [-0.2, 0) is 4.79 Å². The van der Waals surface area contributed by atoms with Gasteiger partial charge in [-0.3, -0.25) is 14.6 Å². The van der Waals surface area contributed by atoms with Crippen LogP contribution >= 0.6 is 24.0 Å². The first kappa shape index (κ1) is 22.6. The van der Waals surface area contributed by atoms with Crippen molar-refractivity contribution < 1.29 is 9.53 Å². The molecular weight excluding hydrogens is 438 g/mol. The van der Waals surface area contributed by atoms with Crippen LogP contribution in [0.3, 0.4) is 0 Å². The normalized spacial score (nSPS) is 18.5. The van der Waals surface area contributed by atoms with Gasteiger partial charge in [0.1, 0.15) is 16.7 Å². The van der Waals surface area contributed by atoms with Gasteiger partial charge in [-0.15, -0.1) is 0 Å². The summed E-state index contributed by atoms with van der Waals surface area (Å²) in [4.78, 5) is 20.1. The highest BCUT2D eigenvalue weighted by molar-refractivity contribution is 8.26. The summed E-state index contributed by atoms with van der Waals surface area (Å²) in [5.74, 6) is 0.757. The molecule has 0 N–H and O–H groups in total. The molecular formula is C25H27N3O2S2. The second kappa shape index (κ2) is 10.3. The van der Waals surface area contributed by atoms with Gasteiger partial charge >= 0.3 is 0 Å². The zero-order valence-electron chi connectivity index (χ0n) is 18.2. The Morgan fingerprint density at radius 3 is 2.50 bits per heavy atom. The Labute approximate surface area is 199 Å². The van der Waals surface area contributed by atoms with Gasteiger partial charge in [-0.1, -0.05) is 67.0 Å². The monoisotopic (exact) mass is 465 g/mol. The highest BCUT2D eigenvalue weighted by Crippen LogP contribution is 2.33. The van der Waals surface area contributed by atoms with Gasteiger partial charge in [0.05, 0.1) is 11.6 Å². The van der Waals surface area contributed by atoms with Gasteiger partial charge in [0, 0.05) is 31.9 Å². The Hall–Kier alpha value is -2.61. The Morgan fingerprint density at radius 2 is 1.81 bits per heavy atom. The van der Waals surface area contributed by atoms with E-state index in [1.54, 1.807) is 11.0 Å². The molecule has 2 aliphatic rings. The van der Waals surface area contributed by atoms with Crippen LogP contribution < -0.4 is 9.64 Å². The van der Waals surface area contributed by atoms with Gasteiger partial charge in [0.2, 0.25) is 0 Å². The van der Waals surface area contributed by atoms with Gasteiger partial charge in [-0.25, -0.2) is 0 Å². The van der Waals surface area contributed by atoms with E-state index in [2.05, 4.69) is 47.6 Å². The highest BCUT2D eigenvalue weighted by atomic mass is 32.2. The van der Waals surface area contributed by atoms with Crippen LogP contribution in [0.1, 0.15) is 11.1 Å². The van der Waals surface area contributed by atoms with Crippen LogP contribution in [0.15, 0.2) is 66.1 Å². The molecule has 0 atom stereocenters. The lowest BCUT2D eigenvalue weighted by atomic mass is 10.1. The first-order valence-corrected chi connectivity index (χ1v) is 11.9. The maximum absolute atomic E-state index is 13.0. The molecule has 4 rings (SSSR count). The SMILES string of the molecule is C=CCOc1ccc(/C=C2\SC(=S)N(CN3CCN(c4ccccc4C)CC3)C2=O)cc1. The number of para-hydroxylation sites is 1. The number of nitrogens with zero attached hydrogens (tertiary/aromatic N) is 3. The molecule has 2 heterocycles. The maximum Gasteiger partial charge on any atom is 0.267 e. The van der Waals surface area contributed by atoms with Crippen molar-refractivity contribution >= 4 is 46.0 Å². The number of hydrogen-bond acceptors (Lipinski definition) is 6. The summed E-state index contributed by atoms with van der Waals surface area (Å²) in [6.07, 6.45) is 3.61. The number of rotatable bonds is 7. The van der Waals surface area contributed by atoms with Crippen molar-refractivity contribution in [3.8, 4) is 5.75 Å². The average Bonchev–Trinajstić information content (AvgIpc) is 3.07. The number of amides is 1. The van der Waals surface area contributed by atoms with Crippen molar-refractivity contribution in [2.75, 3.05) is 44.4 Å². The van der Waals surface area contributed by atoms with Crippen molar-refractivity contribution in [2.45, 2.75) is 6.92 Å². The maximum atomic E-state index is 13.0. The Balaban J connectivity index is 1.35. The van der Waals surface area contributed by atoms with Crippen molar-refractivity contribution in [3.05, 3.63) is 77.2 Å². The first-order chi connectivity index (χ1) is 15.5. The number of hydrogen-bond donors (Lipinski definition) is 0. The molecule has 0 spiro atoms. The summed E-state index contributed by atoms with van der Waals surface area (Å²) in [5, 5.41) is 0. The standard InChI is InChI=1S/C25H27N3O2S2/c1-3-16-30-21-10-8-20(9-11-21)17-23-24(29)28(25(31)32-23)18-26-12-14-27(15-13-26)22-7-5-4-6-19(22)2/h3-11,17H,1,12-16,18H2,2H3/b23-17-. The number of carbonyl (C=O) groups excluding carboxylic acids is 1. The van der Waals surface area contributed by atoms with Crippen LogP contribution in [-0.4, -0.2) is 59.5 Å². The van der Waals surface area contributed by atoms with E-state index in [9.17, 15) is 4.79 Å². The number of ether oxygens (including phenoxy) is 1. The summed E-state index contributed by atoms with van der Waals surface area (Å²) < 4.78 is 6.13. The molecule has 0 aromatic heterocycles. The molecule has 5 nitrogen and oxygen atoms in total. The lowest BCUT2D eigenvalue weighted by Crippen LogP contribution is -2.51. The average molecular weight is 466 g/mol. The molecule has 1 amide bonds. The lowest BCUT2D eigenvalue weighted by molar-refractivity contribution is -0.123. The van der Waals surface area contributed by atoms with Crippen LogP contribution in [0.4, 0.5) is 5.69 Å². The summed E-state index contributed by atoms with van der Waals surface area (Å²) >= 11 is 6.90. The van der Waals surface area contributed by atoms with Crippen LogP contribution in [0.25, 0.3) is 6.08 Å². The molecule has 7 heteroatoms. The molecule has 166 valence electrons. The fourth-order valence-corrected chi connectivity index (χ4v) is 5.08. The number of benzene rings is 2. The van der Waals surface area contributed by atoms with E-state index >= 15 is 0 Å². The molecule has 2 saturated heterocycles.